The Morgan fingerprint density at radius 3 is 2.52 bits per heavy atom. The Kier molecular flexibility index (Phi) is 5.90. The van der Waals surface area contributed by atoms with E-state index in [2.05, 4.69) is 20.4 Å². The molecule has 4 rings (SSSR count). The predicted octanol–water partition coefficient (Wildman–Crippen LogP) is 3.44. The van der Waals surface area contributed by atoms with Gasteiger partial charge in [0.25, 0.3) is 5.91 Å². The number of aromatic nitrogens is 4. The van der Waals surface area contributed by atoms with Crippen molar-refractivity contribution in [1.29, 1.82) is 0 Å². The lowest BCUT2D eigenvalue weighted by atomic mass is 10.1. The molecule has 8 nitrogen and oxygen atoms in total. The summed E-state index contributed by atoms with van der Waals surface area (Å²) in [5.41, 5.74) is 3.96. The molecule has 0 saturated carbocycles. The highest BCUT2D eigenvalue weighted by molar-refractivity contribution is 5.94. The van der Waals surface area contributed by atoms with Crippen LogP contribution < -0.4 is 10.1 Å². The van der Waals surface area contributed by atoms with Crippen LogP contribution in [0.3, 0.4) is 0 Å². The van der Waals surface area contributed by atoms with Crippen LogP contribution in [-0.2, 0) is 11.3 Å². The van der Waals surface area contributed by atoms with E-state index in [0.717, 1.165) is 22.6 Å². The van der Waals surface area contributed by atoms with Gasteiger partial charge in [-0.3, -0.25) is 4.79 Å². The molecule has 1 N–H and O–H groups in total. The van der Waals surface area contributed by atoms with Crippen LogP contribution >= 0.6 is 0 Å². The van der Waals surface area contributed by atoms with Crippen LogP contribution in [0.1, 0.15) is 34.7 Å². The summed E-state index contributed by atoms with van der Waals surface area (Å²) >= 11 is 0. The summed E-state index contributed by atoms with van der Waals surface area (Å²) in [5, 5.41) is 7.39. The van der Waals surface area contributed by atoms with Crippen molar-refractivity contribution in [3.05, 3.63) is 77.9 Å². The van der Waals surface area contributed by atoms with E-state index in [9.17, 15) is 4.79 Å². The molecule has 0 aliphatic carbocycles. The Hall–Kier alpha value is -3.78. The summed E-state index contributed by atoms with van der Waals surface area (Å²) in [6.45, 7) is 2.36. The van der Waals surface area contributed by atoms with E-state index < -0.39 is 0 Å². The van der Waals surface area contributed by atoms with Gasteiger partial charge in [-0.1, -0.05) is 12.1 Å². The smallest absolute Gasteiger partial charge is 0.251 e. The molecule has 8 heteroatoms. The molecule has 2 aromatic heterocycles. The van der Waals surface area contributed by atoms with E-state index in [4.69, 9.17) is 9.47 Å². The minimum atomic E-state index is -0.365. The third-order valence-corrected chi connectivity index (χ3v) is 4.89. The lowest BCUT2D eigenvalue weighted by Gasteiger charge is -2.10. The molecule has 0 bridgehead atoms. The number of carbonyl (C=O) groups excluding carboxylic acids is 1. The Morgan fingerprint density at radius 2 is 1.84 bits per heavy atom. The van der Waals surface area contributed by atoms with Gasteiger partial charge in [-0.2, -0.15) is 0 Å². The van der Waals surface area contributed by atoms with E-state index in [-0.39, 0.29) is 11.9 Å². The number of carbonyl (C=O) groups is 1. The van der Waals surface area contributed by atoms with Crippen molar-refractivity contribution in [2.75, 3.05) is 14.2 Å². The normalized spacial score (nSPS) is 12.0. The van der Waals surface area contributed by atoms with Crippen molar-refractivity contribution in [1.82, 2.24) is 24.9 Å². The van der Waals surface area contributed by atoms with Gasteiger partial charge in [-0.15, -0.1) is 5.10 Å². The Balaban J connectivity index is 1.50. The quantitative estimate of drug-likeness (QED) is 0.495. The maximum atomic E-state index is 12.6. The van der Waals surface area contributed by atoms with E-state index in [1.807, 2.05) is 49.4 Å². The molecular weight excluding hydrogens is 394 g/mol. The molecule has 2 heterocycles. The zero-order chi connectivity index (χ0) is 21.8. The molecule has 0 saturated heterocycles. The summed E-state index contributed by atoms with van der Waals surface area (Å²) < 4.78 is 11.9. The van der Waals surface area contributed by atoms with Crippen molar-refractivity contribution in [2.45, 2.75) is 19.6 Å². The third kappa shape index (κ3) is 4.54. The maximum absolute atomic E-state index is 12.6. The topological polar surface area (TPSA) is 90.6 Å². The molecule has 0 unspecified atom stereocenters. The van der Waals surface area contributed by atoms with Crippen molar-refractivity contribution >= 4 is 11.6 Å². The average Bonchev–Trinajstić information content (AvgIpc) is 3.23. The first kappa shape index (κ1) is 20.5. The third-order valence-electron chi connectivity index (χ3n) is 4.89. The molecule has 0 spiro atoms. The first-order valence-electron chi connectivity index (χ1n) is 9.83. The Morgan fingerprint density at radius 1 is 1.10 bits per heavy atom. The van der Waals surface area contributed by atoms with Gasteiger partial charge in [-0.05, 0) is 48.9 Å². The predicted molar refractivity (Wildman–Crippen MR) is 116 cm³/mol. The van der Waals surface area contributed by atoms with Crippen molar-refractivity contribution in [3.63, 3.8) is 0 Å². The van der Waals surface area contributed by atoms with Crippen molar-refractivity contribution in [2.24, 2.45) is 0 Å². The second kappa shape index (κ2) is 8.93. The van der Waals surface area contributed by atoms with E-state index in [0.29, 0.717) is 23.6 Å². The lowest BCUT2D eigenvalue weighted by Crippen LogP contribution is -2.27. The molecule has 1 amide bonds. The molecular formula is C23H23N5O3. The SMILES string of the molecule is COCc1ccc(C(=O)N[C@@H](C)c2nc3cc(-c4ccc(OC)cc4)ncn3n2)cc1. The Labute approximate surface area is 179 Å². The van der Waals surface area contributed by atoms with Crippen LogP contribution in [0.25, 0.3) is 16.9 Å². The molecule has 2 aromatic carbocycles. The van der Waals surface area contributed by atoms with E-state index >= 15 is 0 Å². The minimum absolute atomic E-state index is 0.188. The molecule has 0 fully saturated rings. The van der Waals surface area contributed by atoms with Crippen molar-refractivity contribution in [3.8, 4) is 17.0 Å². The first-order chi connectivity index (χ1) is 15.1. The van der Waals surface area contributed by atoms with Gasteiger partial charge in [-0.25, -0.2) is 14.5 Å². The van der Waals surface area contributed by atoms with Gasteiger partial charge in [0.2, 0.25) is 0 Å². The fourth-order valence-electron chi connectivity index (χ4n) is 3.18. The van der Waals surface area contributed by atoms with Crippen LogP contribution in [0, 0.1) is 0 Å². The molecule has 158 valence electrons. The highest BCUT2D eigenvalue weighted by Crippen LogP contribution is 2.21. The zero-order valence-electron chi connectivity index (χ0n) is 17.6. The second-order valence-electron chi connectivity index (χ2n) is 7.10. The summed E-state index contributed by atoms with van der Waals surface area (Å²) in [5.74, 6) is 1.11. The summed E-state index contributed by atoms with van der Waals surface area (Å²) in [6.07, 6.45) is 1.62. The Bertz CT molecular complexity index is 1190. The number of fused-ring (bicyclic) bond motifs is 1. The number of ether oxygens (including phenoxy) is 2. The highest BCUT2D eigenvalue weighted by atomic mass is 16.5. The van der Waals surface area contributed by atoms with Crippen LogP contribution in [0.2, 0.25) is 0 Å². The molecule has 0 aliphatic heterocycles. The van der Waals surface area contributed by atoms with Crippen LogP contribution in [-0.4, -0.2) is 39.7 Å². The monoisotopic (exact) mass is 417 g/mol. The molecule has 0 aliphatic rings. The molecule has 4 aromatic rings. The largest absolute Gasteiger partial charge is 0.497 e. The summed E-state index contributed by atoms with van der Waals surface area (Å²) in [7, 11) is 3.27. The molecule has 31 heavy (non-hydrogen) atoms. The number of amides is 1. The van der Waals surface area contributed by atoms with Gasteiger partial charge in [0.05, 0.1) is 25.5 Å². The molecule has 1 atom stereocenters. The number of hydrogen-bond acceptors (Lipinski definition) is 6. The number of methoxy groups -OCH3 is 2. The number of benzene rings is 2. The average molecular weight is 417 g/mol. The van der Waals surface area contributed by atoms with Gasteiger partial charge in [0.15, 0.2) is 11.5 Å². The highest BCUT2D eigenvalue weighted by Gasteiger charge is 2.16. The van der Waals surface area contributed by atoms with Gasteiger partial charge < -0.3 is 14.8 Å². The fourth-order valence-corrected chi connectivity index (χ4v) is 3.18. The lowest BCUT2D eigenvalue weighted by molar-refractivity contribution is 0.0938. The van der Waals surface area contributed by atoms with Crippen LogP contribution in [0.5, 0.6) is 5.75 Å². The minimum Gasteiger partial charge on any atom is -0.497 e. The van der Waals surface area contributed by atoms with Gasteiger partial charge >= 0.3 is 0 Å². The molecule has 0 radical (unpaired) electrons. The number of rotatable bonds is 7. The first-order valence-corrected chi connectivity index (χ1v) is 9.83. The van der Waals surface area contributed by atoms with Crippen LogP contribution in [0.4, 0.5) is 0 Å². The van der Waals surface area contributed by atoms with E-state index in [1.165, 1.54) is 0 Å². The number of nitrogens with one attached hydrogen (secondary N) is 1. The number of nitrogens with zero attached hydrogens (tertiary/aromatic N) is 4. The summed E-state index contributed by atoms with van der Waals surface area (Å²) in [6, 6.07) is 16.4. The zero-order valence-corrected chi connectivity index (χ0v) is 17.6. The second-order valence-corrected chi connectivity index (χ2v) is 7.10. The van der Waals surface area contributed by atoms with Gasteiger partial charge in [0, 0.05) is 24.3 Å². The number of hydrogen-bond donors (Lipinski definition) is 1. The standard InChI is InChI=1S/C23H23N5O3/c1-15(25-23(29)18-6-4-16(5-7-18)13-30-2)22-26-21-12-20(24-14-28(21)27-22)17-8-10-19(31-3)11-9-17/h4-12,14-15H,13H2,1-3H3,(H,25,29)/t15-/m0/s1. The van der Waals surface area contributed by atoms with Crippen LogP contribution in [0.15, 0.2) is 60.9 Å². The summed E-state index contributed by atoms with van der Waals surface area (Å²) in [4.78, 5) is 21.6. The van der Waals surface area contributed by atoms with Crippen molar-refractivity contribution < 1.29 is 14.3 Å². The van der Waals surface area contributed by atoms with E-state index in [1.54, 1.807) is 37.2 Å². The maximum Gasteiger partial charge on any atom is 0.251 e. The van der Waals surface area contributed by atoms with Gasteiger partial charge in [0.1, 0.15) is 12.1 Å². The fraction of sp³-hybridized carbons (Fsp3) is 0.217.